The van der Waals surface area contributed by atoms with Crippen molar-refractivity contribution in [1.29, 1.82) is 0 Å². The smallest absolute Gasteiger partial charge is 0.377 e. The van der Waals surface area contributed by atoms with Gasteiger partial charge in [0.2, 0.25) is 5.95 Å². The van der Waals surface area contributed by atoms with Gasteiger partial charge in [0.25, 0.3) is 0 Å². The first-order chi connectivity index (χ1) is 18.9. The molecule has 10 nitrogen and oxygen atoms in total. The summed E-state index contributed by atoms with van der Waals surface area (Å²) in [5, 5.41) is 3.34. The Morgan fingerprint density at radius 1 is 1.15 bits per heavy atom. The first-order valence-electron chi connectivity index (χ1n) is 14.0. The molecule has 2 atom stereocenters. The lowest BCUT2D eigenvalue weighted by atomic mass is 9.83. The van der Waals surface area contributed by atoms with Crippen LogP contribution in [-0.4, -0.2) is 51.4 Å². The van der Waals surface area contributed by atoms with Gasteiger partial charge in [-0.15, -0.1) is 5.48 Å². The Balaban J connectivity index is 1.55. The summed E-state index contributed by atoms with van der Waals surface area (Å²) in [5.74, 6) is 2.99. The largest absolute Gasteiger partial charge is 0.427 e. The summed E-state index contributed by atoms with van der Waals surface area (Å²) in [7, 11) is 0. The van der Waals surface area contributed by atoms with Crippen LogP contribution in [0.4, 0.5) is 10.7 Å². The van der Waals surface area contributed by atoms with Crippen molar-refractivity contribution in [3.05, 3.63) is 35.1 Å². The van der Waals surface area contributed by atoms with Gasteiger partial charge < -0.3 is 19.0 Å². The first-order valence-corrected chi connectivity index (χ1v) is 14.4. The number of hydroxylamine groups is 1. The molecule has 0 bridgehead atoms. The normalized spacial score (nSPS) is 25.8. The Bertz CT molecular complexity index is 1350. The fraction of sp³-hybridized carbons (Fsp3) is 0.571. The van der Waals surface area contributed by atoms with Gasteiger partial charge in [-0.05, 0) is 42.7 Å². The van der Waals surface area contributed by atoms with E-state index in [0.717, 1.165) is 41.7 Å². The number of halogens is 1. The highest BCUT2D eigenvalue weighted by Gasteiger charge is 2.34. The number of fused-ring (bicyclic) bond motifs is 1. The zero-order valence-electron chi connectivity index (χ0n) is 22.7. The van der Waals surface area contributed by atoms with Crippen molar-refractivity contribution in [2.45, 2.75) is 65.2 Å². The van der Waals surface area contributed by atoms with Crippen LogP contribution in [0.5, 0.6) is 0 Å². The molecule has 2 aliphatic heterocycles. The van der Waals surface area contributed by atoms with Gasteiger partial charge in [-0.3, -0.25) is 5.32 Å². The highest BCUT2D eigenvalue weighted by Crippen LogP contribution is 2.37. The molecule has 2 N–H and O–H groups in total. The number of ether oxygens (including phenoxy) is 1. The Kier molecular flexibility index (Phi) is 7.35. The molecule has 6 rings (SSSR count). The molecule has 1 saturated carbocycles. The molecule has 2 aromatic heterocycles. The summed E-state index contributed by atoms with van der Waals surface area (Å²) in [6.45, 7) is 9.72. The Morgan fingerprint density at radius 2 is 1.97 bits per heavy atom. The van der Waals surface area contributed by atoms with Crippen molar-refractivity contribution < 1.29 is 14.4 Å². The second-order valence-corrected chi connectivity index (χ2v) is 11.9. The second-order valence-electron chi connectivity index (χ2n) is 11.4. The molecular formula is C28H36ClN7O3. The highest BCUT2D eigenvalue weighted by atomic mass is 35.5. The van der Waals surface area contributed by atoms with Crippen molar-refractivity contribution in [2.24, 2.45) is 17.8 Å². The van der Waals surface area contributed by atoms with Crippen molar-refractivity contribution in [1.82, 2.24) is 30.3 Å². The van der Waals surface area contributed by atoms with Crippen molar-refractivity contribution in [3.8, 4) is 11.3 Å². The van der Waals surface area contributed by atoms with Crippen LogP contribution in [0, 0.1) is 17.8 Å². The third-order valence-electron chi connectivity index (χ3n) is 8.26. The summed E-state index contributed by atoms with van der Waals surface area (Å²) in [6.07, 6.45) is 3.62. The molecule has 208 valence electrons. The van der Waals surface area contributed by atoms with E-state index in [9.17, 15) is 4.79 Å². The number of anilines is 1. The number of hydrogen-bond donors (Lipinski definition) is 2. The van der Waals surface area contributed by atoms with Crippen molar-refractivity contribution in [3.63, 3.8) is 0 Å². The zero-order valence-corrected chi connectivity index (χ0v) is 23.4. The third-order valence-corrected chi connectivity index (χ3v) is 8.49. The summed E-state index contributed by atoms with van der Waals surface area (Å²) in [4.78, 5) is 34.1. The van der Waals surface area contributed by atoms with Gasteiger partial charge in [-0.1, -0.05) is 57.3 Å². The predicted octanol–water partition coefficient (Wildman–Crippen LogP) is 5.08. The van der Waals surface area contributed by atoms with E-state index >= 15 is 0 Å². The number of rotatable bonds is 6. The van der Waals surface area contributed by atoms with Crippen LogP contribution >= 0.6 is 11.6 Å². The van der Waals surface area contributed by atoms with E-state index < -0.39 is 12.3 Å². The van der Waals surface area contributed by atoms with Gasteiger partial charge in [0.05, 0.1) is 19.3 Å². The SMILES string of the molecule is CC1CCC(Cn2c(N3CCOC[C@H]3C(C)C)nc3nc(C4NOC(=O)N4)nc(-c4cccc(Cl)c4)c32)CC1. The number of hydrogen-bond acceptors (Lipinski definition) is 8. The summed E-state index contributed by atoms with van der Waals surface area (Å²) in [6, 6.07) is 7.88. The number of amides is 1. The Hall–Kier alpha value is -2.95. The molecular weight excluding hydrogens is 518 g/mol. The number of carbonyl (C=O) groups is 1. The Morgan fingerprint density at radius 3 is 2.69 bits per heavy atom. The monoisotopic (exact) mass is 553 g/mol. The number of carbonyl (C=O) groups excluding carboxylic acids is 1. The lowest BCUT2D eigenvalue weighted by Crippen LogP contribution is -2.49. The van der Waals surface area contributed by atoms with E-state index in [4.69, 9.17) is 36.1 Å². The average Bonchev–Trinajstić information content (AvgIpc) is 3.53. The van der Waals surface area contributed by atoms with Gasteiger partial charge in [-0.25, -0.2) is 14.8 Å². The molecule has 4 heterocycles. The lowest BCUT2D eigenvalue weighted by molar-refractivity contribution is 0.0792. The molecule has 1 aliphatic carbocycles. The maximum Gasteiger partial charge on any atom is 0.427 e. The first kappa shape index (κ1) is 26.3. The summed E-state index contributed by atoms with van der Waals surface area (Å²) in [5.41, 5.74) is 5.76. The number of morpholine rings is 1. The van der Waals surface area contributed by atoms with Gasteiger partial charge >= 0.3 is 6.09 Å². The minimum Gasteiger partial charge on any atom is -0.377 e. The lowest BCUT2D eigenvalue weighted by Gasteiger charge is -2.39. The molecule has 1 aromatic carbocycles. The number of aromatic nitrogens is 4. The summed E-state index contributed by atoms with van der Waals surface area (Å²) >= 11 is 6.44. The molecule has 0 radical (unpaired) electrons. The van der Waals surface area contributed by atoms with Crippen molar-refractivity contribution in [2.75, 3.05) is 24.7 Å². The summed E-state index contributed by atoms with van der Waals surface area (Å²) < 4.78 is 8.23. The third kappa shape index (κ3) is 5.29. The number of nitrogens with one attached hydrogen (secondary N) is 2. The minimum atomic E-state index is -0.680. The van der Waals surface area contributed by atoms with E-state index in [1.165, 1.54) is 25.7 Å². The number of benzene rings is 1. The van der Waals surface area contributed by atoms with Crippen LogP contribution in [-0.2, 0) is 16.1 Å². The van der Waals surface area contributed by atoms with Crippen LogP contribution in [0.2, 0.25) is 5.02 Å². The van der Waals surface area contributed by atoms with E-state index in [-0.39, 0.29) is 6.04 Å². The molecule has 3 aromatic rings. The molecule has 11 heteroatoms. The minimum absolute atomic E-state index is 0.201. The second kappa shape index (κ2) is 10.9. The fourth-order valence-electron chi connectivity index (χ4n) is 6.00. The standard InChI is InChI=1S/C28H36ClN7O3/c1-16(2)21-15-38-12-11-35(21)27-32-24-23(36(27)14-18-9-7-17(3)8-10-18)22(19-5-4-6-20(29)13-19)30-25(31-24)26-33-28(37)39-34-26/h4-6,13,16-18,21,26,34H,7-12,14-15H2,1-3H3,(H,33,37)/t17?,18?,21-,26?/m0/s1. The van der Waals surface area contributed by atoms with Crippen molar-refractivity contribution >= 4 is 34.8 Å². The number of imidazole rings is 1. The van der Waals surface area contributed by atoms with Gasteiger partial charge in [-0.2, -0.15) is 4.98 Å². The quantitative estimate of drug-likeness (QED) is 0.435. The molecule has 0 spiro atoms. The van der Waals surface area contributed by atoms with Gasteiger partial charge in [0.1, 0.15) is 11.2 Å². The van der Waals surface area contributed by atoms with E-state index in [1.807, 2.05) is 24.3 Å². The predicted molar refractivity (Wildman–Crippen MR) is 149 cm³/mol. The van der Waals surface area contributed by atoms with Gasteiger partial charge in [0.15, 0.2) is 17.6 Å². The van der Waals surface area contributed by atoms with E-state index in [0.29, 0.717) is 41.5 Å². The molecule has 1 unspecified atom stereocenters. The topological polar surface area (TPSA) is 106 Å². The molecule has 3 aliphatic rings. The fourth-order valence-corrected chi connectivity index (χ4v) is 6.19. The van der Waals surface area contributed by atoms with Crippen LogP contribution in [0.3, 0.4) is 0 Å². The Labute approximate surface area is 233 Å². The van der Waals surface area contributed by atoms with Crippen LogP contribution in [0.1, 0.15) is 58.4 Å². The maximum absolute atomic E-state index is 11.8. The number of nitrogens with zero attached hydrogens (tertiary/aromatic N) is 5. The van der Waals surface area contributed by atoms with Crippen LogP contribution in [0.15, 0.2) is 24.3 Å². The van der Waals surface area contributed by atoms with Gasteiger partial charge in [0, 0.05) is 23.7 Å². The molecule has 1 amide bonds. The van der Waals surface area contributed by atoms with Crippen LogP contribution in [0.25, 0.3) is 22.4 Å². The van der Waals surface area contributed by atoms with Crippen LogP contribution < -0.4 is 15.7 Å². The highest BCUT2D eigenvalue weighted by molar-refractivity contribution is 6.30. The van der Waals surface area contributed by atoms with E-state index in [2.05, 4.69) is 41.0 Å². The van der Waals surface area contributed by atoms with E-state index in [1.54, 1.807) is 0 Å². The zero-order chi connectivity index (χ0) is 27.1. The molecule has 2 saturated heterocycles. The molecule has 3 fully saturated rings. The average molecular weight is 554 g/mol. The maximum atomic E-state index is 11.8. The molecule has 39 heavy (non-hydrogen) atoms.